The molecule has 0 spiro atoms. The number of pyridine rings is 1. The zero-order chi connectivity index (χ0) is 11.3. The molecule has 0 amide bonds. The van der Waals surface area contributed by atoms with Crippen LogP contribution in [0.15, 0.2) is 17.2 Å². The van der Waals surface area contributed by atoms with Crippen LogP contribution in [0.5, 0.6) is 0 Å². The van der Waals surface area contributed by atoms with Gasteiger partial charge in [0.15, 0.2) is 0 Å². The molecule has 15 heavy (non-hydrogen) atoms. The fourth-order valence-corrected chi connectivity index (χ4v) is 2.19. The summed E-state index contributed by atoms with van der Waals surface area (Å²) in [6, 6.07) is 5.79. The SMILES string of the molecule is Cc1cc(C#N)cc(SCCN(C)C)n1. The highest BCUT2D eigenvalue weighted by molar-refractivity contribution is 7.99. The molecule has 0 saturated heterocycles. The molecule has 0 saturated carbocycles. The number of aromatic nitrogens is 1. The maximum atomic E-state index is 8.80. The van der Waals surface area contributed by atoms with E-state index in [2.05, 4.69) is 16.0 Å². The van der Waals surface area contributed by atoms with Crippen molar-refractivity contribution < 1.29 is 0 Å². The smallest absolute Gasteiger partial charge is 0.0993 e. The highest BCUT2D eigenvalue weighted by Gasteiger charge is 2.00. The van der Waals surface area contributed by atoms with E-state index in [1.807, 2.05) is 27.1 Å². The molecule has 0 aliphatic carbocycles. The molecule has 1 aromatic rings. The molecule has 4 heteroatoms. The van der Waals surface area contributed by atoms with Gasteiger partial charge in [0, 0.05) is 18.0 Å². The Hall–Kier alpha value is -1.05. The van der Waals surface area contributed by atoms with Crippen LogP contribution in [0.25, 0.3) is 0 Å². The summed E-state index contributed by atoms with van der Waals surface area (Å²) >= 11 is 1.69. The Morgan fingerprint density at radius 3 is 2.80 bits per heavy atom. The molecule has 1 heterocycles. The van der Waals surface area contributed by atoms with Gasteiger partial charge in [-0.3, -0.25) is 0 Å². The minimum Gasteiger partial charge on any atom is -0.309 e. The van der Waals surface area contributed by atoms with Gasteiger partial charge in [0.1, 0.15) is 0 Å². The molecule has 0 fully saturated rings. The van der Waals surface area contributed by atoms with E-state index < -0.39 is 0 Å². The van der Waals surface area contributed by atoms with E-state index in [1.54, 1.807) is 17.8 Å². The standard InChI is InChI=1S/C11H15N3S/c1-9-6-10(8-12)7-11(13-9)15-5-4-14(2)3/h6-7H,4-5H2,1-3H3. The summed E-state index contributed by atoms with van der Waals surface area (Å²) in [5, 5.41) is 9.74. The van der Waals surface area contributed by atoms with Crippen LogP contribution in [0.3, 0.4) is 0 Å². The van der Waals surface area contributed by atoms with Gasteiger partial charge in [-0.2, -0.15) is 5.26 Å². The van der Waals surface area contributed by atoms with Crippen molar-refractivity contribution in [2.45, 2.75) is 11.9 Å². The van der Waals surface area contributed by atoms with Gasteiger partial charge < -0.3 is 4.90 Å². The van der Waals surface area contributed by atoms with Gasteiger partial charge in [0.25, 0.3) is 0 Å². The first kappa shape index (κ1) is 12.0. The van der Waals surface area contributed by atoms with Crippen LogP contribution in [-0.4, -0.2) is 36.3 Å². The van der Waals surface area contributed by atoms with Crippen molar-refractivity contribution in [3.8, 4) is 6.07 Å². The number of hydrogen-bond donors (Lipinski definition) is 0. The zero-order valence-corrected chi connectivity index (χ0v) is 10.1. The van der Waals surface area contributed by atoms with Crippen molar-refractivity contribution in [2.75, 3.05) is 26.4 Å². The molecule has 80 valence electrons. The van der Waals surface area contributed by atoms with Crippen molar-refractivity contribution in [1.29, 1.82) is 5.26 Å². The van der Waals surface area contributed by atoms with Crippen molar-refractivity contribution >= 4 is 11.8 Å². The van der Waals surface area contributed by atoms with E-state index in [4.69, 9.17) is 5.26 Å². The van der Waals surface area contributed by atoms with E-state index in [-0.39, 0.29) is 0 Å². The van der Waals surface area contributed by atoms with E-state index in [0.29, 0.717) is 5.56 Å². The minimum absolute atomic E-state index is 0.690. The second-order valence-electron chi connectivity index (χ2n) is 3.60. The minimum atomic E-state index is 0.690. The highest BCUT2D eigenvalue weighted by atomic mass is 32.2. The topological polar surface area (TPSA) is 39.9 Å². The molecule has 0 N–H and O–H groups in total. The summed E-state index contributed by atoms with van der Waals surface area (Å²) in [6.45, 7) is 2.93. The number of rotatable bonds is 4. The Bertz CT molecular complexity index is 369. The molecule has 1 rings (SSSR count). The van der Waals surface area contributed by atoms with Gasteiger partial charge in [0.2, 0.25) is 0 Å². The van der Waals surface area contributed by atoms with Gasteiger partial charge in [-0.1, -0.05) is 0 Å². The van der Waals surface area contributed by atoms with Crippen molar-refractivity contribution in [3.63, 3.8) is 0 Å². The fourth-order valence-electron chi connectivity index (χ4n) is 1.11. The molecule has 0 aliphatic heterocycles. The number of aryl methyl sites for hydroxylation is 1. The lowest BCUT2D eigenvalue weighted by atomic mass is 10.2. The van der Waals surface area contributed by atoms with Crippen molar-refractivity contribution in [2.24, 2.45) is 0 Å². The molecule has 0 unspecified atom stereocenters. The van der Waals surface area contributed by atoms with Crippen LogP contribution in [0.1, 0.15) is 11.3 Å². The third-order valence-corrected chi connectivity index (χ3v) is 2.74. The van der Waals surface area contributed by atoms with Gasteiger partial charge in [-0.25, -0.2) is 4.98 Å². The molecule has 0 atom stereocenters. The first-order valence-corrected chi connectivity index (χ1v) is 5.76. The maximum absolute atomic E-state index is 8.80. The lowest BCUT2D eigenvalue weighted by Crippen LogP contribution is -2.14. The van der Waals surface area contributed by atoms with Crippen LogP contribution in [0.4, 0.5) is 0 Å². The second kappa shape index (κ2) is 5.74. The quantitative estimate of drug-likeness (QED) is 0.728. The number of nitrogens with zero attached hydrogens (tertiary/aromatic N) is 3. The molecule has 0 aliphatic rings. The van der Waals surface area contributed by atoms with Gasteiger partial charge in [-0.05, 0) is 33.2 Å². The molecule has 3 nitrogen and oxygen atoms in total. The third-order valence-electron chi connectivity index (χ3n) is 1.85. The Morgan fingerprint density at radius 2 is 2.20 bits per heavy atom. The van der Waals surface area contributed by atoms with Gasteiger partial charge in [0.05, 0.1) is 16.7 Å². The Kier molecular flexibility index (Phi) is 4.60. The summed E-state index contributed by atoms with van der Waals surface area (Å²) in [6.07, 6.45) is 0. The predicted molar refractivity (Wildman–Crippen MR) is 63.0 cm³/mol. The molecule has 0 aromatic carbocycles. The Morgan fingerprint density at radius 1 is 1.47 bits per heavy atom. The first-order chi connectivity index (χ1) is 7.11. The summed E-state index contributed by atoms with van der Waals surface area (Å²) in [7, 11) is 4.09. The summed E-state index contributed by atoms with van der Waals surface area (Å²) in [5.41, 5.74) is 1.59. The summed E-state index contributed by atoms with van der Waals surface area (Å²) < 4.78 is 0. The highest BCUT2D eigenvalue weighted by Crippen LogP contribution is 2.17. The molecule has 1 aromatic heterocycles. The molecular formula is C11H15N3S. The predicted octanol–water partition coefficient (Wildman–Crippen LogP) is 1.92. The van der Waals surface area contributed by atoms with Crippen molar-refractivity contribution in [3.05, 3.63) is 23.4 Å². The summed E-state index contributed by atoms with van der Waals surface area (Å²) in [5.74, 6) is 0.994. The Balaban J connectivity index is 2.61. The zero-order valence-electron chi connectivity index (χ0n) is 9.32. The maximum Gasteiger partial charge on any atom is 0.0993 e. The molecule has 0 radical (unpaired) electrons. The average molecular weight is 221 g/mol. The van der Waals surface area contributed by atoms with E-state index in [1.165, 1.54) is 0 Å². The van der Waals surface area contributed by atoms with Crippen LogP contribution in [0.2, 0.25) is 0 Å². The monoisotopic (exact) mass is 221 g/mol. The van der Waals surface area contributed by atoms with Gasteiger partial charge in [-0.15, -0.1) is 11.8 Å². The summed E-state index contributed by atoms with van der Waals surface area (Å²) in [4.78, 5) is 6.50. The third kappa shape index (κ3) is 4.32. The van der Waals surface area contributed by atoms with Crippen LogP contribution >= 0.6 is 11.8 Å². The largest absolute Gasteiger partial charge is 0.309 e. The molecule has 0 bridgehead atoms. The second-order valence-corrected chi connectivity index (χ2v) is 4.71. The fraction of sp³-hybridized carbons (Fsp3) is 0.455. The van der Waals surface area contributed by atoms with E-state index >= 15 is 0 Å². The number of hydrogen-bond acceptors (Lipinski definition) is 4. The normalized spacial score (nSPS) is 10.3. The van der Waals surface area contributed by atoms with Crippen LogP contribution in [0, 0.1) is 18.3 Å². The lowest BCUT2D eigenvalue weighted by Gasteiger charge is -2.08. The van der Waals surface area contributed by atoms with Crippen molar-refractivity contribution in [1.82, 2.24) is 9.88 Å². The number of nitriles is 1. The van der Waals surface area contributed by atoms with E-state index in [9.17, 15) is 0 Å². The van der Waals surface area contributed by atoms with Gasteiger partial charge >= 0.3 is 0 Å². The average Bonchev–Trinajstić information content (AvgIpc) is 2.16. The molecular weight excluding hydrogens is 206 g/mol. The van der Waals surface area contributed by atoms with E-state index in [0.717, 1.165) is 23.0 Å². The van der Waals surface area contributed by atoms with Crippen LogP contribution in [-0.2, 0) is 0 Å². The Labute approximate surface area is 95.1 Å². The lowest BCUT2D eigenvalue weighted by molar-refractivity contribution is 0.437. The first-order valence-electron chi connectivity index (χ1n) is 4.78. The number of thioether (sulfide) groups is 1. The van der Waals surface area contributed by atoms with Crippen LogP contribution < -0.4 is 0 Å².